The molecule has 0 bridgehead atoms. The summed E-state index contributed by atoms with van der Waals surface area (Å²) in [7, 11) is 0. The number of H-pyrrole nitrogens is 1. The second-order valence-corrected chi connectivity index (χ2v) is 32.0. The highest BCUT2D eigenvalue weighted by molar-refractivity contribution is 9.09. The number of Topliss-reactive ketones (excluding diaryl/α,β-unsaturated/α-hetero) is 2. The molecule has 0 unspecified atom stereocenters. The van der Waals surface area contributed by atoms with Gasteiger partial charge in [0, 0.05) is 176 Å². The van der Waals surface area contributed by atoms with Gasteiger partial charge in [0.25, 0.3) is 0 Å². The van der Waals surface area contributed by atoms with E-state index in [0.29, 0.717) is 145 Å². The van der Waals surface area contributed by atoms with E-state index in [9.17, 15) is 38.4 Å². The summed E-state index contributed by atoms with van der Waals surface area (Å²) in [5.74, 6) is -0.378. The Morgan fingerprint density at radius 2 is 0.860 bits per heavy atom. The van der Waals surface area contributed by atoms with E-state index in [4.69, 9.17) is 161 Å². The summed E-state index contributed by atoms with van der Waals surface area (Å²) in [6, 6.07) is 37.0. The lowest BCUT2D eigenvalue weighted by atomic mass is 10.1. The number of imidazole rings is 4. The van der Waals surface area contributed by atoms with E-state index in [2.05, 4.69) is 72.1 Å². The summed E-state index contributed by atoms with van der Waals surface area (Å²) in [6.45, 7) is 9.44. The molecule has 5 heterocycles. The molecule has 12 rings (SSSR count). The molecule has 1 aliphatic rings. The van der Waals surface area contributed by atoms with Crippen molar-refractivity contribution in [2.75, 3.05) is 38.9 Å². The number of alkyl halides is 1. The molecule has 1 aliphatic heterocycles. The van der Waals surface area contributed by atoms with E-state index < -0.39 is 5.97 Å². The molecule has 636 valence electrons. The third kappa shape index (κ3) is 34.0. The highest BCUT2D eigenvalue weighted by atomic mass is 79.9. The summed E-state index contributed by atoms with van der Waals surface area (Å²) >= 11 is 75.1. The second kappa shape index (κ2) is 48.3. The van der Waals surface area contributed by atoms with Gasteiger partial charge in [-0.25, -0.2) is 19.9 Å². The van der Waals surface area contributed by atoms with E-state index in [1.54, 1.807) is 120 Å². The average molecular weight is 1950 g/mol. The number of hydrogen-bond donors (Lipinski definition) is 8. The maximum atomic E-state index is 12.6. The second-order valence-electron chi connectivity index (χ2n) is 26.3. The number of nitrogens with one attached hydrogen (secondary N) is 5. The summed E-state index contributed by atoms with van der Waals surface area (Å²) < 4.78 is 9.97. The number of fused-ring (bicyclic) bond motifs is 1. The Hall–Kier alpha value is -9.56. The fraction of sp³-hybridized carbons (Fsp3) is 0.220. The molecule has 0 saturated carbocycles. The first-order valence-corrected chi connectivity index (χ1v) is 41.7. The first-order chi connectivity index (χ1) is 57.3. The number of hydrogen-bond acceptors (Lipinski definition) is 15. The number of carbonyl (C=O) groups is 8. The van der Waals surface area contributed by atoms with E-state index in [1.807, 2.05) is 53.2 Å². The van der Waals surface area contributed by atoms with E-state index >= 15 is 0 Å². The topological polar surface area (TPSA) is 379 Å². The Morgan fingerprint density at radius 3 is 1.26 bits per heavy atom. The normalized spacial score (nSPS) is 10.9. The van der Waals surface area contributed by atoms with Gasteiger partial charge in [0.1, 0.15) is 12.3 Å². The van der Waals surface area contributed by atoms with Gasteiger partial charge in [-0.3, -0.25) is 64.6 Å². The Bertz CT molecular complexity index is 5650. The van der Waals surface area contributed by atoms with Crippen molar-refractivity contribution in [3.8, 4) is 0 Å². The maximum Gasteiger partial charge on any atom is 0.326 e. The molecule has 11 aromatic rings. The number of guanidine groups is 1. The number of halogens is 13. The van der Waals surface area contributed by atoms with Crippen molar-refractivity contribution in [3.05, 3.63) is 274 Å². The fourth-order valence-electron chi connectivity index (χ4n) is 11.1. The third-order valence-electron chi connectivity index (χ3n) is 16.2. The number of nitrogens with two attached hydrogens (primary N) is 3. The molecule has 4 aromatic heterocycles. The quantitative estimate of drug-likeness (QED) is 0.00916. The number of esters is 1. The largest absolute Gasteiger partial charge is 0.465 e. The van der Waals surface area contributed by atoms with Crippen LogP contribution >= 0.6 is 155 Å². The number of nitrogens with zero attached hydrogens (tertiary/aromatic N) is 9. The van der Waals surface area contributed by atoms with Crippen molar-refractivity contribution in [1.29, 1.82) is 0 Å². The van der Waals surface area contributed by atoms with Crippen LogP contribution in [0.2, 0.25) is 60.3 Å². The summed E-state index contributed by atoms with van der Waals surface area (Å²) in [6.07, 6.45) is 10.2. The lowest BCUT2D eigenvalue weighted by Gasteiger charge is -2.08. The Kier molecular flexibility index (Phi) is 39.4. The van der Waals surface area contributed by atoms with Crippen LogP contribution in [-0.4, -0.2) is 109 Å². The minimum absolute atomic E-state index is 0.0268. The van der Waals surface area contributed by atoms with Gasteiger partial charge in [0.15, 0.2) is 11.7 Å². The van der Waals surface area contributed by atoms with Crippen molar-refractivity contribution in [3.63, 3.8) is 0 Å². The number of aromatic nitrogens is 8. The SMILES string of the molecule is CC(=O)N=C(N)N.CC(=O)Nc1nc(Cc2ccc(Cl)cc2Cl)cn1CC(=O)Cc1ccc(Cl)cc1N.CC(=O)Nc1nc(Cc2ccc(Cl)cc2Cl)cn1CC1=Nc2cc(Cl)ccc2C1.CC(=O)Nc1ncc(Cc2ccc(Cl)cc2Cl)[nH]1.CCOC(=O)Cn1cc(Cc2ccc(Cl)cc2Cl)nc1NC(C)=O.O=C(CBr)Cc1ccc(Cl)cc1Cl. The maximum absolute atomic E-state index is 12.6. The molecule has 0 radical (unpaired) electrons. The van der Waals surface area contributed by atoms with Gasteiger partial charge in [-0.1, -0.05) is 198 Å². The van der Waals surface area contributed by atoms with Crippen molar-refractivity contribution in [2.45, 2.75) is 106 Å². The zero-order valence-electron chi connectivity index (χ0n) is 65.3. The molecule has 121 heavy (non-hydrogen) atoms. The van der Waals surface area contributed by atoms with Crippen LogP contribution in [0, 0.1) is 0 Å². The standard InChI is InChI=1S/C21H19Cl3N4O2.C21H17Cl3N4O.C16H17Cl2N3O3.C12H11Cl2N3O.C9H7BrCl2O.C3H7N3O/c1-12(29)26-21-27-17(6-13-2-4-15(22)8-19(13)24)10-28(21)11-18(30)7-14-3-5-16(23)9-20(14)25;1-12(29)25-21-27-18(6-13-2-4-15(22)8-19(13)24)11-28(21)10-17-7-14-3-5-16(23)9-20(14)26-17;1-3-24-15(23)9-21-8-13(20-16(21)19-10(2)22)6-11-4-5-12(17)7-14(11)18;1-7(18)16-12-15-6-10(17-12)4-8-2-3-9(13)5-11(8)14;10-5-8(13)3-6-1-2-7(11)4-9(6)12;1-2(7)6-3(4)5/h2-5,8-10H,6-7,11,25H2,1H3,(H,26,27,29);2-5,8-9,11H,6-7,10H2,1H3,(H,25,27,29);4-5,7-8H,3,6,9H2,1-2H3,(H,19,20,22);2-3,5-6H,4H2,1H3,(H2,15,16,17,18);1-2,4H,3,5H2;1H3,(H4,4,5,6,7). The smallest absolute Gasteiger partial charge is 0.326 e. The van der Waals surface area contributed by atoms with Gasteiger partial charge in [-0.15, -0.1) is 0 Å². The van der Waals surface area contributed by atoms with Crippen molar-refractivity contribution in [1.82, 2.24) is 38.6 Å². The number of carbonyl (C=O) groups excluding carboxylic acids is 8. The third-order valence-corrected chi connectivity index (χ3v) is 20.2. The molecule has 7 aromatic carbocycles. The molecule has 0 spiro atoms. The molecule has 39 heteroatoms. The van der Waals surface area contributed by atoms with Crippen LogP contribution in [0.15, 0.2) is 162 Å². The predicted octanol–water partition coefficient (Wildman–Crippen LogP) is 19.4. The molecule has 0 fully saturated rings. The molecule has 0 aliphatic carbocycles. The number of ketones is 2. The summed E-state index contributed by atoms with van der Waals surface area (Å²) in [5.41, 5.74) is 27.0. The molecule has 11 N–H and O–H groups in total. The lowest BCUT2D eigenvalue weighted by molar-refractivity contribution is -0.143. The van der Waals surface area contributed by atoms with Crippen LogP contribution in [-0.2, 0) is 108 Å². The molecule has 0 atom stereocenters. The average Bonchev–Trinajstić information content (AvgIpc) is 1.75. The lowest BCUT2D eigenvalue weighted by Crippen LogP contribution is -2.23. The molecule has 0 saturated heterocycles. The van der Waals surface area contributed by atoms with E-state index in [-0.39, 0.29) is 79.1 Å². The predicted molar refractivity (Wildman–Crippen MR) is 488 cm³/mol. The van der Waals surface area contributed by atoms with Crippen molar-refractivity contribution in [2.24, 2.45) is 21.5 Å². The molecule has 26 nitrogen and oxygen atoms in total. The molecular weight excluding hydrogens is 1870 g/mol. The van der Waals surface area contributed by atoms with Gasteiger partial charge in [-0.05, 0) is 131 Å². The van der Waals surface area contributed by atoms with Gasteiger partial charge in [-0.2, -0.15) is 4.99 Å². The van der Waals surface area contributed by atoms with E-state index in [1.165, 1.54) is 34.6 Å². The highest BCUT2D eigenvalue weighted by Crippen LogP contribution is 2.33. The van der Waals surface area contributed by atoms with Crippen LogP contribution in [0.1, 0.15) is 103 Å². The number of amides is 5. The van der Waals surface area contributed by atoms with Crippen molar-refractivity contribution >= 4 is 249 Å². The Labute approximate surface area is 765 Å². The number of nitrogen functional groups attached to an aromatic ring is 1. The van der Waals surface area contributed by atoms with Crippen LogP contribution in [0.4, 0.5) is 35.2 Å². The first kappa shape index (κ1) is 98.6. The zero-order valence-corrected chi connectivity index (χ0v) is 75.9. The van der Waals surface area contributed by atoms with E-state index in [0.717, 1.165) is 62.6 Å². The number of rotatable bonds is 24. The summed E-state index contributed by atoms with van der Waals surface area (Å²) in [5, 5.41) is 17.8. The minimum atomic E-state index is -0.405. The Balaban J connectivity index is 0.000000209. The minimum Gasteiger partial charge on any atom is -0.465 e. The van der Waals surface area contributed by atoms with Gasteiger partial charge in [0.05, 0.1) is 54.0 Å². The number of anilines is 5. The van der Waals surface area contributed by atoms with Crippen molar-refractivity contribution < 1.29 is 43.1 Å². The number of aromatic amines is 1. The van der Waals surface area contributed by atoms with Gasteiger partial charge in [0.2, 0.25) is 53.3 Å². The Morgan fingerprint density at radius 1 is 0.479 bits per heavy atom. The molecule has 5 amide bonds. The zero-order chi connectivity index (χ0) is 88.9. The van der Waals surface area contributed by atoms with Gasteiger partial charge < -0.3 is 40.6 Å². The van der Waals surface area contributed by atoms with Crippen LogP contribution < -0.4 is 38.5 Å². The van der Waals surface area contributed by atoms with Crippen LogP contribution in [0.25, 0.3) is 0 Å². The highest BCUT2D eigenvalue weighted by Gasteiger charge is 2.22. The fourth-order valence-corrected chi connectivity index (χ4v) is 14.0. The number of benzene rings is 7. The van der Waals surface area contributed by atoms with Crippen LogP contribution in [0.5, 0.6) is 0 Å². The van der Waals surface area contributed by atoms with Gasteiger partial charge >= 0.3 is 5.97 Å². The summed E-state index contributed by atoms with van der Waals surface area (Å²) in [4.78, 5) is 119. The first-order valence-electron chi connectivity index (χ1n) is 36.0. The van der Waals surface area contributed by atoms with Crippen LogP contribution in [0.3, 0.4) is 0 Å². The number of aliphatic imine (C=N–C) groups is 2. The monoisotopic (exact) mass is 1940 g/mol. The molecular formula is C82H78BrCl12N17O9. The number of ether oxygens (including phenoxy) is 1.